The third-order valence-corrected chi connectivity index (χ3v) is 22.2. The molecule has 0 aliphatic carbocycles. The fourth-order valence-electron chi connectivity index (χ4n) is 13.4. The van der Waals surface area contributed by atoms with Gasteiger partial charge in [0.15, 0.2) is 25.2 Å². The maximum Gasteiger partial charge on any atom is 0.157 e. The molecular formula is C82H88N6O12S4. The van der Waals surface area contributed by atoms with E-state index in [1.165, 1.54) is 23.1 Å². The van der Waals surface area contributed by atoms with Gasteiger partial charge in [-0.1, -0.05) is 24.3 Å². The summed E-state index contributed by atoms with van der Waals surface area (Å²) in [4.78, 5) is 8.84. The van der Waals surface area contributed by atoms with Crippen LogP contribution in [0.4, 0.5) is 45.5 Å². The summed E-state index contributed by atoms with van der Waals surface area (Å²) in [5.74, 6) is 3.21. The Hall–Kier alpha value is -7.94. The molecule has 22 heteroatoms. The van der Waals surface area contributed by atoms with Gasteiger partial charge < -0.3 is 66.6 Å². The monoisotopic (exact) mass is 1480 g/mol. The fraction of sp³-hybridized carbons (Fsp3) is 0.390. The van der Waals surface area contributed by atoms with Crippen molar-refractivity contribution in [3.63, 3.8) is 0 Å². The molecule has 15 rings (SSSR count). The van der Waals surface area contributed by atoms with Crippen molar-refractivity contribution in [3.8, 4) is 64.8 Å². The van der Waals surface area contributed by atoms with Crippen LogP contribution in [0, 0.1) is 0 Å². The van der Waals surface area contributed by atoms with Crippen LogP contribution in [-0.4, -0.2) is 113 Å². The average Bonchev–Trinajstić information content (AvgIpc) is 1.59. The summed E-state index contributed by atoms with van der Waals surface area (Å²) in [5.41, 5.74) is 13.3. The maximum absolute atomic E-state index is 6.20. The first-order valence-corrected chi connectivity index (χ1v) is 39.9. The van der Waals surface area contributed by atoms with Crippen LogP contribution in [0.5, 0.6) is 23.0 Å². The summed E-state index contributed by atoms with van der Waals surface area (Å²) in [6.45, 7) is 7.68. The highest BCUT2D eigenvalue weighted by Gasteiger charge is 2.29. The van der Waals surface area contributed by atoms with Crippen molar-refractivity contribution in [1.82, 2.24) is 8.75 Å². The highest BCUT2D eigenvalue weighted by atomic mass is 32.1. The van der Waals surface area contributed by atoms with Gasteiger partial charge in [0.1, 0.15) is 45.4 Å². The molecule has 5 aliphatic rings. The number of hydrogen-bond acceptors (Lipinski definition) is 21. The number of rotatable bonds is 34. The van der Waals surface area contributed by atoms with Crippen LogP contribution in [-0.2, 0) is 49.2 Å². The first kappa shape index (κ1) is 71.7. The molecule has 104 heavy (non-hydrogen) atoms. The average molecular weight is 1480 g/mol. The molecule has 3 aromatic heterocycles. The molecule has 0 bridgehead atoms. The standard InChI is InChI=1S/C82H88N6O12S4/c1-5-45-93-73(13-1)97-53-9-49-89-65-33-25-61(26-34-65)87(62-27-35-66(36-28-62)90-50-10-54-98-74-14-2-6-46-94-74)59-21-17-57(18-22-59)69-41-43-71(101-69)77-79-81(85-103-83-79)78(82-80(77)84-104-86-82)72-44-42-70(102-72)58-19-23-60(24-20-58)88(63-29-37-67(38-30-63)91-51-11-55-99-75-15-3-7-47-95-75)64-31-39-68(40-32-64)92-52-12-56-100-76-16-4-8-48-96-76/h17-44,73-76H,1-16,45-56H2. The normalized spacial score (nSPS) is 18.1. The quantitative estimate of drug-likeness (QED) is 0.0349. The number of nitrogens with zero attached hydrogens (tertiary/aromatic N) is 6. The molecule has 4 saturated heterocycles. The van der Waals surface area contributed by atoms with Gasteiger partial charge in [0.05, 0.1) is 75.9 Å². The van der Waals surface area contributed by atoms with Gasteiger partial charge in [-0.2, -0.15) is 17.5 Å². The Bertz CT molecular complexity index is 3980. The minimum absolute atomic E-state index is 0.102. The summed E-state index contributed by atoms with van der Waals surface area (Å²) in [7, 11) is 0. The molecule has 0 radical (unpaired) electrons. The van der Waals surface area contributed by atoms with Crippen molar-refractivity contribution in [1.29, 1.82) is 0 Å². The lowest BCUT2D eigenvalue weighted by molar-refractivity contribution is -0.163. The zero-order valence-electron chi connectivity index (χ0n) is 58.5. The SMILES string of the molecule is c1cc(N(c2ccc(OCCCOC3CCCCO3)cc2)c2ccc(-c3ccc(-c4c5c(c(-c6ccc(-c7ccc(N(c8ccc(OCCCOC9CCCCO9)cc8)c8ccc(OCCCOC9CCCCO9)cc8)cc7)s6)c6nsnc46)N=S=N5)s3)cc2)ccc1OCCCOC1CCCCO1. The molecule has 10 aromatic rings. The first-order chi connectivity index (χ1) is 51.6. The molecule has 542 valence electrons. The van der Waals surface area contributed by atoms with E-state index in [4.69, 9.17) is 74.3 Å². The fourth-order valence-corrected chi connectivity index (χ4v) is 16.7. The highest BCUT2D eigenvalue weighted by molar-refractivity contribution is 7.58. The number of anilines is 6. The van der Waals surface area contributed by atoms with Gasteiger partial charge in [0, 0.05) is 117 Å². The van der Waals surface area contributed by atoms with Crippen LogP contribution in [0.1, 0.15) is 103 Å². The number of aromatic nitrogens is 2. The molecule has 0 N–H and O–H groups in total. The van der Waals surface area contributed by atoms with Crippen LogP contribution in [0.15, 0.2) is 179 Å². The van der Waals surface area contributed by atoms with E-state index in [9.17, 15) is 0 Å². The van der Waals surface area contributed by atoms with E-state index in [0.717, 1.165) is 250 Å². The van der Waals surface area contributed by atoms with E-state index >= 15 is 0 Å². The van der Waals surface area contributed by atoms with Crippen molar-refractivity contribution in [2.75, 3.05) is 89.1 Å². The second kappa shape index (κ2) is 36.4. The maximum atomic E-state index is 6.20. The zero-order valence-corrected chi connectivity index (χ0v) is 61.8. The molecule has 4 atom stereocenters. The smallest absolute Gasteiger partial charge is 0.157 e. The largest absolute Gasteiger partial charge is 0.494 e. The van der Waals surface area contributed by atoms with E-state index in [0.29, 0.717) is 52.9 Å². The number of benzene rings is 7. The Labute approximate surface area is 624 Å². The zero-order chi connectivity index (χ0) is 69.9. The Morgan fingerprint density at radius 1 is 0.317 bits per heavy atom. The number of hydrogen-bond donors (Lipinski definition) is 0. The van der Waals surface area contributed by atoms with Gasteiger partial charge in [0.2, 0.25) is 0 Å². The van der Waals surface area contributed by atoms with Crippen molar-refractivity contribution in [2.24, 2.45) is 8.73 Å². The molecule has 7 aromatic carbocycles. The van der Waals surface area contributed by atoms with Crippen LogP contribution in [0.3, 0.4) is 0 Å². The topological polar surface area (TPSA) is 168 Å². The van der Waals surface area contributed by atoms with Crippen LogP contribution >= 0.6 is 34.4 Å². The molecule has 8 heterocycles. The van der Waals surface area contributed by atoms with Gasteiger partial charge in [-0.15, -0.1) is 22.7 Å². The minimum atomic E-state index is -0.102. The predicted molar refractivity (Wildman–Crippen MR) is 414 cm³/mol. The van der Waals surface area contributed by atoms with E-state index in [1.54, 1.807) is 22.7 Å². The Morgan fingerprint density at radius 3 is 0.875 bits per heavy atom. The number of fused-ring (bicyclic) bond motifs is 2. The van der Waals surface area contributed by atoms with Gasteiger partial charge in [-0.25, -0.2) is 0 Å². The third-order valence-electron chi connectivity index (χ3n) is 18.8. The van der Waals surface area contributed by atoms with Crippen molar-refractivity contribution < 1.29 is 56.8 Å². The van der Waals surface area contributed by atoms with E-state index in [-0.39, 0.29) is 25.2 Å². The van der Waals surface area contributed by atoms with E-state index < -0.39 is 0 Å². The van der Waals surface area contributed by atoms with Crippen LogP contribution < -0.4 is 28.7 Å². The van der Waals surface area contributed by atoms with Gasteiger partial charge in [0.25, 0.3) is 0 Å². The predicted octanol–water partition coefficient (Wildman–Crippen LogP) is 21.4. The summed E-state index contributed by atoms with van der Waals surface area (Å²) < 4.78 is 91.5. The lowest BCUT2D eigenvalue weighted by Gasteiger charge is -2.26. The lowest BCUT2D eigenvalue weighted by Crippen LogP contribution is -2.23. The Morgan fingerprint density at radius 2 is 0.596 bits per heavy atom. The van der Waals surface area contributed by atoms with Crippen LogP contribution in [0.2, 0.25) is 0 Å². The lowest BCUT2D eigenvalue weighted by atomic mass is 10.0. The van der Waals surface area contributed by atoms with E-state index in [2.05, 4.69) is 131 Å². The summed E-state index contributed by atoms with van der Waals surface area (Å²) in [6.07, 6.45) is 15.5. The Kier molecular flexibility index (Phi) is 25.1. The first-order valence-electron chi connectivity index (χ1n) is 36.8. The van der Waals surface area contributed by atoms with Crippen molar-refractivity contribution >= 4 is 102 Å². The van der Waals surface area contributed by atoms with Gasteiger partial charge >= 0.3 is 0 Å². The molecule has 18 nitrogen and oxygen atoms in total. The van der Waals surface area contributed by atoms with E-state index in [1.807, 2.05) is 48.5 Å². The molecule has 0 saturated carbocycles. The second-order valence-electron chi connectivity index (χ2n) is 26.2. The van der Waals surface area contributed by atoms with Gasteiger partial charge in [-0.05, 0) is 234 Å². The molecule has 4 fully saturated rings. The summed E-state index contributed by atoms with van der Waals surface area (Å²) in [6, 6.07) is 59.4. The number of ether oxygens (including phenoxy) is 12. The van der Waals surface area contributed by atoms with Crippen molar-refractivity contribution in [2.45, 2.75) is 128 Å². The Balaban J connectivity index is 0.632. The van der Waals surface area contributed by atoms with Gasteiger partial charge in [-0.3, -0.25) is 0 Å². The molecular weight excluding hydrogens is 1390 g/mol. The molecule has 0 amide bonds. The molecule has 0 spiro atoms. The van der Waals surface area contributed by atoms with Crippen molar-refractivity contribution in [3.05, 3.63) is 170 Å². The highest BCUT2D eigenvalue weighted by Crippen LogP contribution is 2.55. The second-order valence-corrected chi connectivity index (χ2v) is 29.4. The molecule has 4 unspecified atom stereocenters. The minimum Gasteiger partial charge on any atom is -0.494 e. The summed E-state index contributed by atoms with van der Waals surface area (Å²) >= 11 is 5.87. The molecule has 5 aliphatic heterocycles. The van der Waals surface area contributed by atoms with Crippen LogP contribution in [0.25, 0.3) is 52.8 Å². The number of thiophene rings is 2. The third kappa shape index (κ3) is 18.5. The summed E-state index contributed by atoms with van der Waals surface area (Å²) in [5, 5.41) is 0.